The average molecular weight is 203 g/mol. The Bertz CT molecular complexity index is 382. The Morgan fingerprint density at radius 2 is 2.27 bits per heavy atom. The van der Waals surface area contributed by atoms with E-state index in [1.807, 2.05) is 7.05 Å². The first-order valence-electron chi connectivity index (χ1n) is 5.75. The molecule has 3 rings (SSSR count). The molecule has 1 fully saturated rings. The summed E-state index contributed by atoms with van der Waals surface area (Å²) in [6.07, 6.45) is 3.70. The van der Waals surface area contributed by atoms with Crippen molar-refractivity contribution in [3.63, 3.8) is 0 Å². The van der Waals surface area contributed by atoms with Crippen LogP contribution in [0.15, 0.2) is 18.2 Å². The lowest BCUT2D eigenvalue weighted by molar-refractivity contribution is 0.356. The summed E-state index contributed by atoms with van der Waals surface area (Å²) in [5, 5.41) is 3.30. The van der Waals surface area contributed by atoms with Crippen LogP contribution in [0.5, 0.6) is 5.75 Å². The van der Waals surface area contributed by atoms with Crippen LogP contribution in [0.4, 0.5) is 0 Å². The SMILES string of the molecule is CNCC1(c2ccc3c(c2)OCC3)CC1. The Morgan fingerprint density at radius 1 is 1.40 bits per heavy atom. The van der Waals surface area contributed by atoms with Gasteiger partial charge in [0.15, 0.2) is 0 Å². The molecule has 0 aromatic heterocycles. The lowest BCUT2D eigenvalue weighted by Gasteiger charge is -2.15. The fourth-order valence-electron chi connectivity index (χ4n) is 2.55. The van der Waals surface area contributed by atoms with Crippen LogP contribution in [0.2, 0.25) is 0 Å². The molecular formula is C13H17NO. The summed E-state index contributed by atoms with van der Waals surface area (Å²) in [6, 6.07) is 6.79. The quantitative estimate of drug-likeness (QED) is 0.809. The second-order valence-corrected chi connectivity index (χ2v) is 4.73. The third kappa shape index (κ3) is 1.44. The zero-order chi connectivity index (χ0) is 10.3. The largest absolute Gasteiger partial charge is 0.493 e. The van der Waals surface area contributed by atoms with E-state index < -0.39 is 0 Å². The highest BCUT2D eigenvalue weighted by Gasteiger charge is 2.43. The molecule has 1 aliphatic heterocycles. The number of benzene rings is 1. The Morgan fingerprint density at radius 3 is 3.00 bits per heavy atom. The first-order valence-corrected chi connectivity index (χ1v) is 5.75. The summed E-state index contributed by atoms with van der Waals surface area (Å²) in [4.78, 5) is 0. The summed E-state index contributed by atoms with van der Waals surface area (Å²) < 4.78 is 5.62. The number of ether oxygens (including phenoxy) is 1. The minimum absolute atomic E-state index is 0.412. The van der Waals surface area contributed by atoms with E-state index in [1.165, 1.54) is 24.0 Å². The predicted octanol–water partition coefficient (Wildman–Crippen LogP) is 1.87. The third-order valence-electron chi connectivity index (χ3n) is 3.68. The molecule has 1 heterocycles. The maximum absolute atomic E-state index is 5.62. The highest BCUT2D eigenvalue weighted by atomic mass is 16.5. The van der Waals surface area contributed by atoms with Gasteiger partial charge in [-0.3, -0.25) is 0 Å². The van der Waals surface area contributed by atoms with Gasteiger partial charge in [-0.15, -0.1) is 0 Å². The molecule has 0 bridgehead atoms. The van der Waals surface area contributed by atoms with Crippen molar-refractivity contribution in [3.8, 4) is 5.75 Å². The first-order chi connectivity index (χ1) is 7.34. The number of fused-ring (bicyclic) bond motifs is 1. The van der Waals surface area contributed by atoms with Crippen LogP contribution in [0.25, 0.3) is 0 Å². The van der Waals surface area contributed by atoms with Gasteiger partial charge in [-0.05, 0) is 37.1 Å². The Hall–Kier alpha value is -1.02. The fraction of sp³-hybridized carbons (Fsp3) is 0.538. The van der Waals surface area contributed by atoms with E-state index in [0.717, 1.165) is 25.3 Å². The molecule has 0 spiro atoms. The monoisotopic (exact) mass is 203 g/mol. The molecule has 2 nitrogen and oxygen atoms in total. The Balaban J connectivity index is 1.93. The van der Waals surface area contributed by atoms with Crippen LogP contribution >= 0.6 is 0 Å². The molecule has 2 aliphatic rings. The molecule has 1 aromatic carbocycles. The van der Waals surface area contributed by atoms with E-state index >= 15 is 0 Å². The van der Waals surface area contributed by atoms with E-state index in [9.17, 15) is 0 Å². The molecule has 80 valence electrons. The summed E-state index contributed by atoms with van der Waals surface area (Å²) >= 11 is 0. The number of hydrogen-bond donors (Lipinski definition) is 1. The molecule has 0 unspecified atom stereocenters. The molecule has 1 N–H and O–H groups in total. The van der Waals surface area contributed by atoms with Crippen LogP contribution in [-0.2, 0) is 11.8 Å². The molecular weight excluding hydrogens is 186 g/mol. The summed E-state index contributed by atoms with van der Waals surface area (Å²) in [5.41, 5.74) is 3.24. The van der Waals surface area contributed by atoms with Gasteiger partial charge in [0, 0.05) is 18.4 Å². The lowest BCUT2D eigenvalue weighted by Crippen LogP contribution is -2.23. The highest BCUT2D eigenvalue weighted by Crippen LogP contribution is 2.48. The minimum atomic E-state index is 0.412. The van der Waals surface area contributed by atoms with E-state index in [2.05, 4.69) is 23.5 Å². The smallest absolute Gasteiger partial charge is 0.122 e. The minimum Gasteiger partial charge on any atom is -0.493 e. The molecule has 0 radical (unpaired) electrons. The number of rotatable bonds is 3. The second-order valence-electron chi connectivity index (χ2n) is 4.73. The first kappa shape index (κ1) is 9.22. The van der Waals surface area contributed by atoms with Gasteiger partial charge in [-0.1, -0.05) is 12.1 Å². The van der Waals surface area contributed by atoms with Crippen molar-refractivity contribution in [1.82, 2.24) is 5.32 Å². The molecule has 15 heavy (non-hydrogen) atoms. The molecule has 0 saturated heterocycles. The van der Waals surface area contributed by atoms with Crippen molar-refractivity contribution in [2.75, 3.05) is 20.2 Å². The van der Waals surface area contributed by atoms with E-state index in [4.69, 9.17) is 4.74 Å². The van der Waals surface area contributed by atoms with E-state index in [0.29, 0.717) is 5.41 Å². The fourth-order valence-corrected chi connectivity index (χ4v) is 2.55. The van der Waals surface area contributed by atoms with Gasteiger partial charge >= 0.3 is 0 Å². The standard InChI is InChI=1S/C13H17NO/c1-14-9-13(5-6-13)11-3-2-10-4-7-15-12(10)8-11/h2-3,8,14H,4-7,9H2,1H3. The molecule has 2 heteroatoms. The third-order valence-corrected chi connectivity index (χ3v) is 3.68. The summed E-state index contributed by atoms with van der Waals surface area (Å²) in [5.74, 6) is 1.12. The Labute approximate surface area is 90.6 Å². The topological polar surface area (TPSA) is 21.3 Å². The second kappa shape index (κ2) is 3.24. The summed E-state index contributed by atoms with van der Waals surface area (Å²) in [6.45, 7) is 1.95. The van der Waals surface area contributed by atoms with Crippen molar-refractivity contribution >= 4 is 0 Å². The van der Waals surface area contributed by atoms with Crippen molar-refractivity contribution < 1.29 is 4.74 Å². The molecule has 0 amide bonds. The van der Waals surface area contributed by atoms with Crippen molar-refractivity contribution in [1.29, 1.82) is 0 Å². The van der Waals surface area contributed by atoms with Gasteiger partial charge in [0.1, 0.15) is 5.75 Å². The van der Waals surface area contributed by atoms with Gasteiger partial charge in [-0.2, -0.15) is 0 Å². The van der Waals surface area contributed by atoms with Crippen LogP contribution < -0.4 is 10.1 Å². The van der Waals surface area contributed by atoms with Crippen molar-refractivity contribution in [3.05, 3.63) is 29.3 Å². The van der Waals surface area contributed by atoms with E-state index in [-0.39, 0.29) is 0 Å². The van der Waals surface area contributed by atoms with Crippen LogP contribution in [-0.4, -0.2) is 20.2 Å². The maximum atomic E-state index is 5.62. The van der Waals surface area contributed by atoms with Crippen LogP contribution in [0.1, 0.15) is 24.0 Å². The highest BCUT2D eigenvalue weighted by molar-refractivity contribution is 5.44. The van der Waals surface area contributed by atoms with Gasteiger partial charge in [0.25, 0.3) is 0 Å². The number of nitrogens with one attached hydrogen (secondary N) is 1. The molecule has 1 aromatic rings. The number of likely N-dealkylation sites (N-methyl/N-ethyl adjacent to an activating group) is 1. The van der Waals surface area contributed by atoms with Gasteiger partial charge in [0.05, 0.1) is 6.61 Å². The van der Waals surface area contributed by atoms with Crippen molar-refractivity contribution in [2.45, 2.75) is 24.7 Å². The van der Waals surface area contributed by atoms with Crippen molar-refractivity contribution in [2.24, 2.45) is 0 Å². The average Bonchev–Trinajstić information content (AvgIpc) is 2.89. The molecule has 1 aliphatic carbocycles. The van der Waals surface area contributed by atoms with Gasteiger partial charge in [-0.25, -0.2) is 0 Å². The number of hydrogen-bond acceptors (Lipinski definition) is 2. The molecule has 1 saturated carbocycles. The lowest BCUT2D eigenvalue weighted by atomic mass is 9.94. The van der Waals surface area contributed by atoms with E-state index in [1.54, 1.807) is 0 Å². The van der Waals surface area contributed by atoms with Gasteiger partial charge in [0.2, 0.25) is 0 Å². The maximum Gasteiger partial charge on any atom is 0.122 e. The Kier molecular flexibility index (Phi) is 1.99. The molecule has 0 atom stereocenters. The zero-order valence-corrected chi connectivity index (χ0v) is 9.18. The predicted molar refractivity (Wildman–Crippen MR) is 60.5 cm³/mol. The summed E-state index contributed by atoms with van der Waals surface area (Å²) in [7, 11) is 2.03. The van der Waals surface area contributed by atoms with Crippen LogP contribution in [0.3, 0.4) is 0 Å². The zero-order valence-electron chi connectivity index (χ0n) is 9.18. The van der Waals surface area contributed by atoms with Gasteiger partial charge < -0.3 is 10.1 Å². The van der Waals surface area contributed by atoms with Crippen LogP contribution in [0, 0.1) is 0 Å². The normalized spacial score (nSPS) is 20.9.